The van der Waals surface area contributed by atoms with Crippen LogP contribution in [0.4, 0.5) is 5.69 Å². The number of anilines is 1. The van der Waals surface area contributed by atoms with Gasteiger partial charge < -0.3 is 10.0 Å². The first kappa shape index (κ1) is 10.3. The first-order chi connectivity index (χ1) is 7.09. The van der Waals surface area contributed by atoms with Gasteiger partial charge in [-0.1, -0.05) is 23.7 Å². The van der Waals surface area contributed by atoms with Crippen LogP contribution >= 0.6 is 11.6 Å². The van der Waals surface area contributed by atoms with Crippen molar-refractivity contribution >= 4 is 23.3 Å². The van der Waals surface area contributed by atoms with Gasteiger partial charge in [0, 0.05) is 13.1 Å². The highest BCUT2D eigenvalue weighted by Crippen LogP contribution is 2.37. The normalized spacial score (nSPS) is 19.1. The summed E-state index contributed by atoms with van der Waals surface area (Å²) in [6.07, 6.45) is 0.917. The Morgan fingerprint density at radius 1 is 1.67 bits per heavy atom. The first-order valence-corrected chi connectivity index (χ1v) is 5.19. The first-order valence-electron chi connectivity index (χ1n) is 4.81. The Balaban J connectivity index is 2.29. The number of carbonyl (C=O) groups is 1. The van der Waals surface area contributed by atoms with Crippen LogP contribution in [0.1, 0.15) is 12.0 Å². The molecule has 15 heavy (non-hydrogen) atoms. The van der Waals surface area contributed by atoms with Crippen molar-refractivity contribution < 1.29 is 9.90 Å². The fourth-order valence-electron chi connectivity index (χ4n) is 2.10. The number of hydrogen-bond donors (Lipinski definition) is 1. The predicted molar refractivity (Wildman–Crippen MR) is 59.6 cm³/mol. The Kier molecular flexibility index (Phi) is 2.57. The molecular weight excluding hydrogens is 214 g/mol. The Bertz CT molecular complexity index is 406. The third-order valence-corrected chi connectivity index (χ3v) is 3.14. The second-order valence-corrected chi connectivity index (χ2v) is 4.22. The molecule has 1 heterocycles. The SMILES string of the molecule is CN1c2c(Cl)cccc2CC1CC(=O)O. The van der Waals surface area contributed by atoms with E-state index in [4.69, 9.17) is 16.7 Å². The standard InChI is InChI=1S/C11H12ClNO2/c1-13-8(6-10(14)15)5-7-3-2-4-9(12)11(7)13/h2-4,8H,5-6H2,1H3,(H,14,15). The van der Waals surface area contributed by atoms with Crippen molar-refractivity contribution in [1.82, 2.24) is 0 Å². The summed E-state index contributed by atoms with van der Waals surface area (Å²) >= 11 is 6.08. The number of nitrogens with zero attached hydrogens (tertiary/aromatic N) is 1. The average Bonchev–Trinajstić information content (AvgIpc) is 2.44. The molecule has 1 aliphatic heterocycles. The second-order valence-electron chi connectivity index (χ2n) is 3.81. The van der Waals surface area contributed by atoms with E-state index in [-0.39, 0.29) is 12.5 Å². The summed E-state index contributed by atoms with van der Waals surface area (Å²) in [7, 11) is 1.89. The third kappa shape index (κ3) is 1.79. The number of carboxylic acid groups (broad SMARTS) is 1. The third-order valence-electron chi connectivity index (χ3n) is 2.84. The van der Waals surface area contributed by atoms with E-state index in [1.54, 1.807) is 0 Å². The highest BCUT2D eigenvalue weighted by Gasteiger charge is 2.29. The minimum Gasteiger partial charge on any atom is -0.481 e. The minimum absolute atomic E-state index is 0.0254. The highest BCUT2D eigenvalue weighted by atomic mass is 35.5. The van der Waals surface area contributed by atoms with Crippen LogP contribution in [0, 0.1) is 0 Å². The van der Waals surface area contributed by atoms with Gasteiger partial charge in [-0.15, -0.1) is 0 Å². The Morgan fingerprint density at radius 2 is 2.40 bits per heavy atom. The molecule has 0 fully saturated rings. The molecule has 0 saturated heterocycles. The zero-order valence-corrected chi connectivity index (χ0v) is 9.16. The molecule has 4 heteroatoms. The van der Waals surface area contributed by atoms with E-state index in [0.717, 1.165) is 17.7 Å². The lowest BCUT2D eigenvalue weighted by Gasteiger charge is -2.21. The van der Waals surface area contributed by atoms with E-state index in [2.05, 4.69) is 0 Å². The van der Waals surface area contributed by atoms with E-state index in [9.17, 15) is 4.79 Å². The fourth-order valence-corrected chi connectivity index (χ4v) is 2.43. The maximum atomic E-state index is 10.7. The molecule has 2 rings (SSSR count). The van der Waals surface area contributed by atoms with Crippen LogP contribution in [0.2, 0.25) is 5.02 Å². The van der Waals surface area contributed by atoms with Gasteiger partial charge in [0.15, 0.2) is 0 Å². The molecule has 1 aromatic rings. The minimum atomic E-state index is -0.768. The number of hydrogen-bond acceptors (Lipinski definition) is 2. The summed E-state index contributed by atoms with van der Waals surface area (Å²) in [5.74, 6) is -0.768. The molecule has 0 radical (unpaired) electrons. The molecule has 0 aliphatic carbocycles. The van der Waals surface area contributed by atoms with Crippen molar-refractivity contribution in [2.45, 2.75) is 18.9 Å². The van der Waals surface area contributed by atoms with E-state index >= 15 is 0 Å². The lowest BCUT2D eigenvalue weighted by Crippen LogP contribution is -2.30. The fraction of sp³-hybridized carbons (Fsp3) is 0.364. The number of carboxylic acids is 1. The van der Waals surface area contributed by atoms with Gasteiger partial charge in [-0.05, 0) is 18.1 Å². The van der Waals surface area contributed by atoms with Crippen LogP contribution < -0.4 is 4.90 Å². The number of rotatable bonds is 2. The predicted octanol–water partition coefficient (Wildman–Crippen LogP) is 2.18. The molecule has 1 aliphatic rings. The molecule has 0 bridgehead atoms. The zero-order chi connectivity index (χ0) is 11.0. The van der Waals surface area contributed by atoms with Crippen molar-refractivity contribution in [3.05, 3.63) is 28.8 Å². The maximum Gasteiger partial charge on any atom is 0.305 e. The van der Waals surface area contributed by atoms with Crippen molar-refractivity contribution in [2.24, 2.45) is 0 Å². The van der Waals surface area contributed by atoms with E-state index in [1.807, 2.05) is 30.1 Å². The molecule has 0 spiro atoms. The molecule has 0 amide bonds. The molecular formula is C11H12ClNO2. The van der Waals surface area contributed by atoms with Gasteiger partial charge in [-0.2, -0.15) is 0 Å². The van der Waals surface area contributed by atoms with E-state index in [1.165, 1.54) is 0 Å². The monoisotopic (exact) mass is 225 g/mol. The maximum absolute atomic E-state index is 10.7. The van der Waals surface area contributed by atoms with E-state index in [0.29, 0.717) is 5.02 Å². The zero-order valence-electron chi connectivity index (χ0n) is 8.40. The largest absolute Gasteiger partial charge is 0.481 e. The molecule has 1 N–H and O–H groups in total. The lowest BCUT2D eigenvalue weighted by atomic mass is 10.1. The van der Waals surface area contributed by atoms with Gasteiger partial charge in [0.05, 0.1) is 17.1 Å². The number of benzene rings is 1. The van der Waals surface area contributed by atoms with Gasteiger partial charge in [-0.3, -0.25) is 4.79 Å². The van der Waals surface area contributed by atoms with Gasteiger partial charge in [0.2, 0.25) is 0 Å². The quantitative estimate of drug-likeness (QED) is 0.839. The van der Waals surface area contributed by atoms with Gasteiger partial charge in [0.1, 0.15) is 0 Å². The highest BCUT2D eigenvalue weighted by molar-refractivity contribution is 6.33. The van der Waals surface area contributed by atoms with Crippen molar-refractivity contribution in [3.8, 4) is 0 Å². The van der Waals surface area contributed by atoms with Crippen molar-refractivity contribution in [2.75, 3.05) is 11.9 Å². The molecule has 1 atom stereocenters. The molecule has 0 saturated carbocycles. The summed E-state index contributed by atoms with van der Waals surface area (Å²) in [5, 5.41) is 9.48. The van der Waals surface area contributed by atoms with Gasteiger partial charge >= 0.3 is 5.97 Å². The lowest BCUT2D eigenvalue weighted by molar-refractivity contribution is -0.137. The van der Waals surface area contributed by atoms with Gasteiger partial charge in [0.25, 0.3) is 0 Å². The van der Waals surface area contributed by atoms with Crippen LogP contribution in [-0.2, 0) is 11.2 Å². The summed E-state index contributed by atoms with van der Waals surface area (Å²) in [6, 6.07) is 5.76. The topological polar surface area (TPSA) is 40.5 Å². The van der Waals surface area contributed by atoms with Crippen molar-refractivity contribution in [3.63, 3.8) is 0 Å². The number of halogens is 1. The summed E-state index contributed by atoms with van der Waals surface area (Å²) in [5.41, 5.74) is 2.11. The van der Waals surface area contributed by atoms with Crippen molar-refractivity contribution in [1.29, 1.82) is 0 Å². The molecule has 1 aromatic carbocycles. The number of aliphatic carboxylic acids is 1. The van der Waals surface area contributed by atoms with Crippen LogP contribution in [0.25, 0.3) is 0 Å². The summed E-state index contributed by atoms with van der Waals surface area (Å²) in [6.45, 7) is 0. The Hall–Kier alpha value is -1.22. The summed E-state index contributed by atoms with van der Waals surface area (Å²) in [4.78, 5) is 12.6. The van der Waals surface area contributed by atoms with Crippen LogP contribution in [-0.4, -0.2) is 24.2 Å². The smallest absolute Gasteiger partial charge is 0.305 e. The average molecular weight is 226 g/mol. The van der Waals surface area contributed by atoms with Crippen LogP contribution in [0.5, 0.6) is 0 Å². The van der Waals surface area contributed by atoms with Crippen LogP contribution in [0.15, 0.2) is 18.2 Å². The molecule has 80 valence electrons. The van der Waals surface area contributed by atoms with Gasteiger partial charge in [-0.25, -0.2) is 0 Å². The number of likely N-dealkylation sites (N-methyl/N-ethyl adjacent to an activating group) is 1. The Morgan fingerprint density at radius 3 is 3.00 bits per heavy atom. The molecule has 1 unspecified atom stereocenters. The Labute approximate surface area is 93.3 Å². The van der Waals surface area contributed by atoms with Crippen LogP contribution in [0.3, 0.4) is 0 Å². The molecule has 0 aromatic heterocycles. The van der Waals surface area contributed by atoms with E-state index < -0.39 is 5.97 Å². The number of fused-ring (bicyclic) bond motifs is 1. The second kappa shape index (κ2) is 3.74. The molecule has 3 nitrogen and oxygen atoms in total. The number of para-hydroxylation sites is 1. The summed E-state index contributed by atoms with van der Waals surface area (Å²) < 4.78 is 0.